The van der Waals surface area contributed by atoms with Crippen molar-refractivity contribution in [1.82, 2.24) is 5.43 Å². The van der Waals surface area contributed by atoms with Gasteiger partial charge in [0.25, 0.3) is 0 Å². The number of rotatable bonds is 4. The number of carbonyl (C=O) groups excluding carboxylic acids is 1. The van der Waals surface area contributed by atoms with Gasteiger partial charge in [0.2, 0.25) is 5.91 Å². The summed E-state index contributed by atoms with van der Waals surface area (Å²) in [5.74, 6) is -0.123. The molecule has 0 spiro atoms. The Morgan fingerprint density at radius 2 is 1.83 bits per heavy atom. The van der Waals surface area contributed by atoms with Crippen LogP contribution in [0.5, 0.6) is 0 Å². The van der Waals surface area contributed by atoms with Crippen LogP contribution >= 0.6 is 11.6 Å². The molecule has 2 aromatic rings. The number of hydrogen-bond acceptors (Lipinski definition) is 2. The first-order valence-electron chi connectivity index (χ1n) is 7.52. The summed E-state index contributed by atoms with van der Waals surface area (Å²) in [5, 5.41) is 4.91. The van der Waals surface area contributed by atoms with E-state index in [9.17, 15) is 4.79 Å². The van der Waals surface area contributed by atoms with Crippen LogP contribution in [0.25, 0.3) is 0 Å². The van der Waals surface area contributed by atoms with Gasteiger partial charge in [0.15, 0.2) is 0 Å². The summed E-state index contributed by atoms with van der Waals surface area (Å²) in [7, 11) is 0. The molecule has 0 radical (unpaired) electrons. The predicted molar refractivity (Wildman–Crippen MR) is 96.2 cm³/mol. The predicted octanol–water partition coefficient (Wildman–Crippen LogP) is 4.35. The minimum atomic E-state index is -0.123. The molecule has 0 saturated carbocycles. The Hall–Kier alpha value is -2.13. The first-order valence-corrected chi connectivity index (χ1v) is 7.90. The third kappa shape index (κ3) is 4.67. The number of benzene rings is 2. The number of aryl methyl sites for hydroxylation is 3. The van der Waals surface area contributed by atoms with E-state index in [-0.39, 0.29) is 5.91 Å². The zero-order valence-electron chi connectivity index (χ0n) is 13.9. The summed E-state index contributed by atoms with van der Waals surface area (Å²) in [6, 6.07) is 11.8. The molecule has 0 heterocycles. The average molecular weight is 329 g/mol. The normalized spacial score (nSPS) is 11.4. The number of amides is 1. The molecule has 0 aliphatic carbocycles. The molecule has 0 aliphatic rings. The molecule has 23 heavy (non-hydrogen) atoms. The Labute approximate surface area is 142 Å². The number of nitrogens with one attached hydrogen (secondary N) is 1. The number of hydrogen-bond donors (Lipinski definition) is 1. The molecule has 2 aromatic carbocycles. The summed E-state index contributed by atoms with van der Waals surface area (Å²) >= 11 is 6.02. The number of nitrogens with zero attached hydrogens (tertiary/aromatic N) is 1. The number of carbonyl (C=O) groups is 1. The van der Waals surface area contributed by atoms with Gasteiger partial charge in [-0.05, 0) is 62.1 Å². The second kappa shape index (κ2) is 7.42. The van der Waals surface area contributed by atoms with E-state index < -0.39 is 0 Å². The van der Waals surface area contributed by atoms with Crippen molar-refractivity contribution in [1.29, 1.82) is 0 Å². The van der Waals surface area contributed by atoms with E-state index >= 15 is 0 Å². The Bertz CT molecular complexity index is 766. The first kappa shape index (κ1) is 17.2. The van der Waals surface area contributed by atoms with Crippen LogP contribution in [0.2, 0.25) is 5.02 Å². The van der Waals surface area contributed by atoms with Crippen molar-refractivity contribution in [3.8, 4) is 0 Å². The molecule has 0 saturated heterocycles. The maximum Gasteiger partial charge on any atom is 0.244 e. The molecule has 2 rings (SSSR count). The molecule has 0 aliphatic heterocycles. The summed E-state index contributed by atoms with van der Waals surface area (Å²) in [5.41, 5.74) is 8.63. The highest BCUT2D eigenvalue weighted by Gasteiger charge is 2.06. The van der Waals surface area contributed by atoms with Crippen molar-refractivity contribution in [3.63, 3.8) is 0 Å². The van der Waals surface area contributed by atoms with E-state index in [1.165, 1.54) is 5.56 Å². The van der Waals surface area contributed by atoms with Gasteiger partial charge in [0.1, 0.15) is 0 Å². The molecule has 0 aromatic heterocycles. The quantitative estimate of drug-likeness (QED) is 0.658. The van der Waals surface area contributed by atoms with Crippen molar-refractivity contribution >= 4 is 23.2 Å². The fraction of sp³-hybridized carbons (Fsp3) is 0.263. The fourth-order valence-electron chi connectivity index (χ4n) is 2.34. The van der Waals surface area contributed by atoms with Gasteiger partial charge >= 0.3 is 0 Å². The summed E-state index contributed by atoms with van der Waals surface area (Å²) < 4.78 is 0. The van der Waals surface area contributed by atoms with Crippen molar-refractivity contribution in [2.45, 2.75) is 34.1 Å². The monoisotopic (exact) mass is 328 g/mol. The van der Waals surface area contributed by atoms with Gasteiger partial charge in [-0.15, -0.1) is 0 Å². The molecular formula is C19H21ClN2O. The van der Waals surface area contributed by atoms with Gasteiger partial charge in [0, 0.05) is 5.02 Å². The minimum Gasteiger partial charge on any atom is -0.273 e. The lowest BCUT2D eigenvalue weighted by molar-refractivity contribution is -0.120. The molecule has 120 valence electrons. The van der Waals surface area contributed by atoms with Crippen molar-refractivity contribution in [2.75, 3.05) is 0 Å². The smallest absolute Gasteiger partial charge is 0.244 e. The van der Waals surface area contributed by atoms with Crippen molar-refractivity contribution < 1.29 is 4.79 Å². The van der Waals surface area contributed by atoms with E-state index in [2.05, 4.69) is 16.6 Å². The van der Waals surface area contributed by atoms with Gasteiger partial charge in [-0.25, -0.2) is 5.43 Å². The lowest BCUT2D eigenvalue weighted by atomic mass is 10.0. The lowest BCUT2D eigenvalue weighted by Gasteiger charge is -2.07. The Balaban J connectivity index is 2.03. The van der Waals surface area contributed by atoms with E-state index in [4.69, 9.17) is 11.6 Å². The number of halogens is 1. The third-order valence-corrected chi connectivity index (χ3v) is 4.20. The maximum atomic E-state index is 12.1. The molecule has 0 fully saturated rings. The topological polar surface area (TPSA) is 41.5 Å². The second-order valence-electron chi connectivity index (χ2n) is 5.80. The molecular weight excluding hydrogens is 308 g/mol. The Kier molecular flexibility index (Phi) is 5.56. The molecule has 1 N–H and O–H groups in total. The maximum absolute atomic E-state index is 12.1. The SMILES string of the molecule is C/C(=N\NC(=O)Cc1ccc(C)cc1C)c1ccc(Cl)c(C)c1. The van der Waals surface area contributed by atoms with Gasteiger partial charge in [0.05, 0.1) is 12.1 Å². The van der Waals surface area contributed by atoms with Crippen LogP contribution in [0.4, 0.5) is 0 Å². The summed E-state index contributed by atoms with van der Waals surface area (Å²) in [6.45, 7) is 7.86. The highest BCUT2D eigenvalue weighted by Crippen LogP contribution is 2.16. The second-order valence-corrected chi connectivity index (χ2v) is 6.21. The zero-order chi connectivity index (χ0) is 17.0. The van der Waals surface area contributed by atoms with Crippen molar-refractivity contribution in [3.05, 3.63) is 69.2 Å². The summed E-state index contributed by atoms with van der Waals surface area (Å²) in [6.07, 6.45) is 0.322. The van der Waals surface area contributed by atoms with Crippen LogP contribution in [0, 0.1) is 20.8 Å². The lowest BCUT2D eigenvalue weighted by Crippen LogP contribution is -2.21. The van der Waals surface area contributed by atoms with Gasteiger partial charge in [-0.1, -0.05) is 41.4 Å². The summed E-state index contributed by atoms with van der Waals surface area (Å²) in [4.78, 5) is 12.1. The molecule has 1 amide bonds. The van der Waals surface area contributed by atoms with Crippen LogP contribution < -0.4 is 5.43 Å². The van der Waals surface area contributed by atoms with Crippen LogP contribution in [0.15, 0.2) is 41.5 Å². The van der Waals surface area contributed by atoms with Crippen LogP contribution in [0.3, 0.4) is 0 Å². The number of hydrazone groups is 1. The molecule has 0 atom stereocenters. The van der Waals surface area contributed by atoms with E-state index in [1.807, 2.05) is 58.0 Å². The van der Waals surface area contributed by atoms with Gasteiger partial charge in [-0.2, -0.15) is 5.10 Å². The Morgan fingerprint density at radius 3 is 2.48 bits per heavy atom. The van der Waals surface area contributed by atoms with Gasteiger partial charge < -0.3 is 0 Å². The first-order chi connectivity index (χ1) is 10.9. The molecule has 4 heteroatoms. The average Bonchev–Trinajstić information content (AvgIpc) is 2.50. The third-order valence-electron chi connectivity index (χ3n) is 3.77. The Morgan fingerprint density at radius 1 is 1.09 bits per heavy atom. The van der Waals surface area contributed by atoms with E-state index in [0.29, 0.717) is 6.42 Å². The standard InChI is InChI=1S/C19H21ClN2O/c1-12-5-6-16(13(2)9-12)11-19(23)22-21-15(4)17-7-8-18(20)14(3)10-17/h5-10H,11H2,1-4H3,(H,22,23)/b21-15+. The van der Waals surface area contributed by atoms with Crippen molar-refractivity contribution in [2.24, 2.45) is 5.10 Å². The molecule has 0 unspecified atom stereocenters. The van der Waals surface area contributed by atoms with Crippen LogP contribution in [0.1, 0.15) is 34.7 Å². The van der Waals surface area contributed by atoms with E-state index in [0.717, 1.165) is 33.0 Å². The molecule has 3 nitrogen and oxygen atoms in total. The van der Waals surface area contributed by atoms with Crippen LogP contribution in [-0.4, -0.2) is 11.6 Å². The minimum absolute atomic E-state index is 0.123. The molecule has 0 bridgehead atoms. The largest absolute Gasteiger partial charge is 0.273 e. The van der Waals surface area contributed by atoms with Gasteiger partial charge in [-0.3, -0.25) is 4.79 Å². The van der Waals surface area contributed by atoms with Crippen LogP contribution in [-0.2, 0) is 11.2 Å². The fourth-order valence-corrected chi connectivity index (χ4v) is 2.45. The highest BCUT2D eigenvalue weighted by atomic mass is 35.5. The highest BCUT2D eigenvalue weighted by molar-refractivity contribution is 6.31. The zero-order valence-corrected chi connectivity index (χ0v) is 14.7. The van der Waals surface area contributed by atoms with E-state index in [1.54, 1.807) is 0 Å².